The maximum Gasteiger partial charge on any atom is 0.227 e. The standard InChI is InChI=1S/C20H29N3O/c1-12-10-13(2)18(14(3)11-12)8-9-21-20(24)15(4)19-16(5)22-23(7)17(19)6/h10-11,15H,8-9H2,1-7H3,(H,21,24)/t15-/m1/s1. The highest BCUT2D eigenvalue weighted by Gasteiger charge is 2.22. The summed E-state index contributed by atoms with van der Waals surface area (Å²) in [7, 11) is 1.92. The highest BCUT2D eigenvalue weighted by Crippen LogP contribution is 2.23. The number of carbonyl (C=O) groups excluding carboxylic acids is 1. The largest absolute Gasteiger partial charge is 0.355 e. The van der Waals surface area contributed by atoms with Crippen LogP contribution in [0.3, 0.4) is 0 Å². The minimum Gasteiger partial charge on any atom is -0.355 e. The summed E-state index contributed by atoms with van der Waals surface area (Å²) in [5.74, 6) is -0.115. The van der Waals surface area contributed by atoms with Gasteiger partial charge in [0.1, 0.15) is 0 Å². The van der Waals surface area contributed by atoms with Gasteiger partial charge in [-0.1, -0.05) is 17.7 Å². The first-order chi connectivity index (χ1) is 11.2. The highest BCUT2D eigenvalue weighted by molar-refractivity contribution is 5.83. The van der Waals surface area contributed by atoms with E-state index >= 15 is 0 Å². The Morgan fingerprint density at radius 1 is 1.17 bits per heavy atom. The van der Waals surface area contributed by atoms with E-state index < -0.39 is 0 Å². The SMILES string of the molecule is Cc1cc(C)c(CCNC(=O)[C@H](C)c2c(C)nn(C)c2C)c(C)c1. The number of nitrogens with one attached hydrogen (secondary N) is 1. The van der Waals surface area contributed by atoms with Crippen LogP contribution in [0.4, 0.5) is 0 Å². The molecule has 2 aromatic rings. The van der Waals surface area contributed by atoms with Crippen LogP contribution >= 0.6 is 0 Å². The fraction of sp³-hybridized carbons (Fsp3) is 0.500. The van der Waals surface area contributed by atoms with Crippen LogP contribution in [0.1, 0.15) is 52.0 Å². The molecule has 0 radical (unpaired) electrons. The van der Waals surface area contributed by atoms with Crippen molar-refractivity contribution in [3.63, 3.8) is 0 Å². The van der Waals surface area contributed by atoms with Crippen LogP contribution in [-0.2, 0) is 18.3 Å². The fourth-order valence-corrected chi connectivity index (χ4v) is 3.62. The van der Waals surface area contributed by atoms with Crippen molar-refractivity contribution in [2.45, 2.75) is 53.9 Å². The summed E-state index contributed by atoms with van der Waals surface area (Å²) < 4.78 is 1.84. The molecule has 0 unspecified atom stereocenters. The Balaban J connectivity index is 2.01. The van der Waals surface area contributed by atoms with E-state index in [4.69, 9.17) is 0 Å². The second kappa shape index (κ2) is 7.20. The molecule has 1 atom stereocenters. The van der Waals surface area contributed by atoms with Crippen molar-refractivity contribution >= 4 is 5.91 Å². The minimum absolute atomic E-state index is 0.0663. The lowest BCUT2D eigenvalue weighted by Crippen LogP contribution is -2.30. The Morgan fingerprint density at radius 3 is 2.25 bits per heavy atom. The monoisotopic (exact) mass is 327 g/mol. The van der Waals surface area contributed by atoms with Crippen molar-refractivity contribution in [1.82, 2.24) is 15.1 Å². The van der Waals surface area contributed by atoms with Gasteiger partial charge in [0.15, 0.2) is 0 Å². The zero-order valence-corrected chi connectivity index (χ0v) is 15.9. The van der Waals surface area contributed by atoms with Gasteiger partial charge in [-0.15, -0.1) is 0 Å². The van der Waals surface area contributed by atoms with Gasteiger partial charge < -0.3 is 5.32 Å². The van der Waals surface area contributed by atoms with Crippen molar-refractivity contribution in [3.8, 4) is 0 Å². The van der Waals surface area contributed by atoms with Gasteiger partial charge in [-0.3, -0.25) is 9.48 Å². The number of rotatable bonds is 5. The van der Waals surface area contributed by atoms with Crippen molar-refractivity contribution in [3.05, 3.63) is 51.3 Å². The third-order valence-electron chi connectivity index (χ3n) is 4.91. The number of aryl methyl sites for hydroxylation is 5. The Hall–Kier alpha value is -2.10. The Bertz CT molecular complexity index is 735. The van der Waals surface area contributed by atoms with Gasteiger partial charge in [0.05, 0.1) is 11.6 Å². The zero-order valence-electron chi connectivity index (χ0n) is 15.9. The first kappa shape index (κ1) is 18.2. The van der Waals surface area contributed by atoms with E-state index in [1.807, 2.05) is 32.5 Å². The van der Waals surface area contributed by atoms with Gasteiger partial charge in [0.2, 0.25) is 5.91 Å². The molecule has 0 spiro atoms. The normalized spacial score (nSPS) is 12.3. The molecule has 0 saturated heterocycles. The second-order valence-corrected chi connectivity index (χ2v) is 6.85. The van der Waals surface area contributed by atoms with Crippen LogP contribution in [-0.4, -0.2) is 22.2 Å². The molecule has 0 aliphatic rings. The van der Waals surface area contributed by atoms with E-state index in [1.54, 1.807) is 0 Å². The van der Waals surface area contributed by atoms with E-state index in [0.717, 1.165) is 23.4 Å². The van der Waals surface area contributed by atoms with Crippen LogP contribution in [0.2, 0.25) is 0 Å². The average molecular weight is 327 g/mol. The van der Waals surface area contributed by atoms with Gasteiger partial charge >= 0.3 is 0 Å². The molecule has 4 heteroatoms. The average Bonchev–Trinajstić information content (AvgIpc) is 2.73. The number of benzene rings is 1. The van der Waals surface area contributed by atoms with Crippen LogP contribution in [0.5, 0.6) is 0 Å². The van der Waals surface area contributed by atoms with Crippen LogP contribution < -0.4 is 5.32 Å². The van der Waals surface area contributed by atoms with E-state index in [2.05, 4.69) is 43.3 Å². The maximum atomic E-state index is 12.5. The molecule has 0 fully saturated rings. The van der Waals surface area contributed by atoms with E-state index in [0.29, 0.717) is 6.54 Å². The first-order valence-corrected chi connectivity index (χ1v) is 8.57. The number of nitrogens with zero attached hydrogens (tertiary/aromatic N) is 2. The topological polar surface area (TPSA) is 46.9 Å². The van der Waals surface area contributed by atoms with Crippen molar-refractivity contribution in [2.24, 2.45) is 7.05 Å². The lowest BCUT2D eigenvalue weighted by molar-refractivity contribution is -0.122. The predicted molar refractivity (Wildman–Crippen MR) is 98.5 cm³/mol. The lowest BCUT2D eigenvalue weighted by atomic mass is 9.96. The molecule has 0 aliphatic carbocycles. The fourth-order valence-electron chi connectivity index (χ4n) is 3.62. The molecular weight excluding hydrogens is 298 g/mol. The Kier molecular flexibility index (Phi) is 5.47. The van der Waals surface area contributed by atoms with E-state index in [1.165, 1.54) is 22.3 Å². The lowest BCUT2D eigenvalue weighted by Gasteiger charge is -2.15. The van der Waals surface area contributed by atoms with Crippen molar-refractivity contribution in [1.29, 1.82) is 0 Å². The number of amides is 1. The summed E-state index contributed by atoms with van der Waals surface area (Å²) in [6, 6.07) is 4.41. The van der Waals surface area contributed by atoms with Gasteiger partial charge in [-0.25, -0.2) is 0 Å². The number of hydrogen-bond donors (Lipinski definition) is 1. The summed E-state index contributed by atoms with van der Waals surface area (Å²) in [4.78, 5) is 12.5. The van der Waals surface area contributed by atoms with Crippen LogP contribution in [0.15, 0.2) is 12.1 Å². The van der Waals surface area contributed by atoms with Gasteiger partial charge in [-0.2, -0.15) is 5.10 Å². The molecular formula is C20H29N3O. The third-order valence-corrected chi connectivity index (χ3v) is 4.91. The summed E-state index contributed by atoms with van der Waals surface area (Å²) in [5.41, 5.74) is 8.25. The molecule has 1 aromatic carbocycles. The summed E-state index contributed by atoms with van der Waals surface area (Å²) >= 11 is 0. The Labute approximate surface area is 145 Å². The molecule has 1 aromatic heterocycles. The molecule has 24 heavy (non-hydrogen) atoms. The molecule has 0 saturated carbocycles. The zero-order chi connectivity index (χ0) is 18.0. The smallest absolute Gasteiger partial charge is 0.227 e. The quantitative estimate of drug-likeness (QED) is 0.914. The van der Waals surface area contributed by atoms with E-state index in [-0.39, 0.29) is 11.8 Å². The summed E-state index contributed by atoms with van der Waals surface area (Å²) in [5, 5.41) is 7.50. The van der Waals surface area contributed by atoms with Gasteiger partial charge in [0.25, 0.3) is 0 Å². The molecule has 1 amide bonds. The third kappa shape index (κ3) is 3.69. The molecule has 1 heterocycles. The molecule has 0 bridgehead atoms. The maximum absolute atomic E-state index is 12.5. The molecule has 1 N–H and O–H groups in total. The van der Waals surface area contributed by atoms with Crippen molar-refractivity contribution < 1.29 is 4.79 Å². The highest BCUT2D eigenvalue weighted by atomic mass is 16.1. The number of aromatic nitrogens is 2. The molecule has 4 nitrogen and oxygen atoms in total. The second-order valence-electron chi connectivity index (χ2n) is 6.85. The van der Waals surface area contributed by atoms with E-state index in [9.17, 15) is 4.79 Å². The first-order valence-electron chi connectivity index (χ1n) is 8.57. The van der Waals surface area contributed by atoms with Crippen molar-refractivity contribution in [2.75, 3.05) is 6.54 Å². The van der Waals surface area contributed by atoms with Crippen LogP contribution in [0.25, 0.3) is 0 Å². The number of carbonyl (C=O) groups is 1. The molecule has 130 valence electrons. The Morgan fingerprint density at radius 2 is 1.75 bits per heavy atom. The van der Waals surface area contributed by atoms with Crippen LogP contribution in [0, 0.1) is 34.6 Å². The molecule has 2 rings (SSSR count). The summed E-state index contributed by atoms with van der Waals surface area (Å²) in [6.07, 6.45) is 0.863. The molecule has 0 aliphatic heterocycles. The minimum atomic E-state index is -0.182. The predicted octanol–water partition coefficient (Wildman–Crippen LogP) is 3.42. The van der Waals surface area contributed by atoms with Gasteiger partial charge in [-0.05, 0) is 64.7 Å². The summed E-state index contributed by atoms with van der Waals surface area (Å²) in [6.45, 7) is 13.0. The van der Waals surface area contributed by atoms with Gasteiger partial charge in [0, 0.05) is 24.8 Å². The number of hydrogen-bond acceptors (Lipinski definition) is 2.